The molecule has 2 amide bonds. The third-order valence-corrected chi connectivity index (χ3v) is 7.10. The minimum absolute atomic E-state index is 0.0864. The van der Waals surface area contributed by atoms with Crippen molar-refractivity contribution in [2.75, 3.05) is 19.6 Å². The molecule has 9 nitrogen and oxygen atoms in total. The Morgan fingerprint density at radius 1 is 1.02 bits per heavy atom. The lowest BCUT2D eigenvalue weighted by molar-refractivity contribution is -0.139. The maximum atomic E-state index is 14.3. The summed E-state index contributed by atoms with van der Waals surface area (Å²) < 4.78 is 54.9. The Morgan fingerprint density at radius 2 is 1.78 bits per heavy atom. The first-order valence-electron chi connectivity index (χ1n) is 12.9. The number of amides is 2. The zero-order valence-electron chi connectivity index (χ0n) is 22.8. The molecular weight excluding hydrogens is 542 g/mol. The van der Waals surface area contributed by atoms with Crippen LogP contribution in [0.1, 0.15) is 65.7 Å². The summed E-state index contributed by atoms with van der Waals surface area (Å²) in [5.41, 5.74) is -0.197. The van der Waals surface area contributed by atoms with Gasteiger partial charge in [-0.25, -0.2) is 23.9 Å². The molecule has 0 spiro atoms. The molecule has 1 aromatic carbocycles. The topological polar surface area (TPSA) is 96.6 Å². The molecule has 1 fully saturated rings. The largest absolute Gasteiger partial charge is 0.419 e. The predicted molar refractivity (Wildman–Crippen MR) is 141 cm³/mol. The molecule has 41 heavy (non-hydrogen) atoms. The van der Waals surface area contributed by atoms with Crippen molar-refractivity contribution < 1.29 is 27.2 Å². The molecule has 5 rings (SSSR count). The molecule has 214 valence electrons. The zero-order valence-corrected chi connectivity index (χ0v) is 22.8. The van der Waals surface area contributed by atoms with Crippen molar-refractivity contribution in [3.63, 3.8) is 0 Å². The summed E-state index contributed by atoms with van der Waals surface area (Å²) in [5.74, 6) is -2.09. The average molecular weight is 570 g/mol. The lowest BCUT2D eigenvalue weighted by Crippen LogP contribution is -2.62. The summed E-state index contributed by atoms with van der Waals surface area (Å²) in [6, 6.07) is 5.83. The number of aromatic nitrogens is 5. The van der Waals surface area contributed by atoms with Gasteiger partial charge in [0.25, 0.3) is 11.8 Å². The molecule has 4 aromatic rings. The van der Waals surface area contributed by atoms with Gasteiger partial charge in [0.05, 0.1) is 23.0 Å². The van der Waals surface area contributed by atoms with E-state index in [4.69, 9.17) is 0 Å². The maximum absolute atomic E-state index is 14.3. The van der Waals surface area contributed by atoms with Gasteiger partial charge in [-0.05, 0) is 44.0 Å². The van der Waals surface area contributed by atoms with E-state index in [1.54, 1.807) is 15.9 Å². The molecule has 13 heteroatoms. The van der Waals surface area contributed by atoms with Gasteiger partial charge in [0.1, 0.15) is 23.5 Å². The van der Waals surface area contributed by atoms with Crippen LogP contribution < -0.4 is 0 Å². The molecule has 1 saturated heterocycles. The summed E-state index contributed by atoms with van der Waals surface area (Å²) in [5, 5.41) is 4.45. The number of benzene rings is 1. The van der Waals surface area contributed by atoms with Crippen molar-refractivity contribution >= 4 is 17.5 Å². The Balaban J connectivity index is 1.45. The minimum atomic E-state index is -4.81. The van der Waals surface area contributed by atoms with Gasteiger partial charge in [0.15, 0.2) is 5.65 Å². The molecule has 1 aliphatic rings. The van der Waals surface area contributed by atoms with E-state index in [0.717, 1.165) is 12.1 Å². The van der Waals surface area contributed by atoms with Crippen LogP contribution in [-0.2, 0) is 6.18 Å². The van der Waals surface area contributed by atoms with Crippen LogP contribution >= 0.6 is 0 Å². The lowest BCUT2D eigenvalue weighted by atomic mass is 9.98. The van der Waals surface area contributed by atoms with E-state index in [2.05, 4.69) is 20.1 Å². The summed E-state index contributed by atoms with van der Waals surface area (Å²) in [6.45, 7) is 8.35. The highest BCUT2D eigenvalue weighted by atomic mass is 19.4. The molecule has 0 radical (unpaired) electrons. The minimum Gasteiger partial charge on any atom is -0.333 e. The average Bonchev–Trinajstić information content (AvgIpc) is 3.35. The van der Waals surface area contributed by atoms with Crippen molar-refractivity contribution in [3.05, 3.63) is 77.4 Å². The number of rotatable bonds is 4. The number of carbonyl (C=O) groups excluding carboxylic acids is 2. The second-order valence-corrected chi connectivity index (χ2v) is 10.8. The Hall–Kier alpha value is -4.42. The van der Waals surface area contributed by atoms with E-state index >= 15 is 0 Å². The van der Waals surface area contributed by atoms with Gasteiger partial charge in [-0.1, -0.05) is 19.9 Å². The van der Waals surface area contributed by atoms with Crippen LogP contribution in [0.4, 0.5) is 17.6 Å². The molecule has 3 aromatic heterocycles. The number of nitrogens with zero attached hydrogens (tertiary/aromatic N) is 7. The third-order valence-electron chi connectivity index (χ3n) is 7.10. The van der Waals surface area contributed by atoms with Crippen LogP contribution in [-0.4, -0.2) is 71.4 Å². The number of alkyl halides is 3. The van der Waals surface area contributed by atoms with E-state index in [1.807, 2.05) is 27.7 Å². The van der Waals surface area contributed by atoms with Crippen molar-refractivity contribution in [2.24, 2.45) is 0 Å². The standard InChI is InChI=1S/C28H27F4N7O2/c1-16(2)18-12-22(17-5-6-19(20(29)11-17)28(30,31)32)36-39-13-23(35-24(18)39)26(41)38-10-9-37(14-27(38,3)4)25(40)21-7-8-33-15-34-21/h5-8,11-13,15-16H,9-10,14H2,1-4H3. The van der Waals surface area contributed by atoms with Crippen LogP contribution in [0.2, 0.25) is 0 Å². The quantitative estimate of drug-likeness (QED) is 0.326. The number of piperazine rings is 1. The first-order chi connectivity index (χ1) is 19.3. The van der Waals surface area contributed by atoms with Crippen LogP contribution in [0.15, 0.2) is 49.1 Å². The smallest absolute Gasteiger partial charge is 0.333 e. The van der Waals surface area contributed by atoms with Gasteiger partial charge < -0.3 is 9.80 Å². The van der Waals surface area contributed by atoms with Crippen molar-refractivity contribution in [3.8, 4) is 11.3 Å². The molecule has 4 heterocycles. The van der Waals surface area contributed by atoms with Crippen LogP contribution in [0.25, 0.3) is 16.9 Å². The molecule has 0 atom stereocenters. The van der Waals surface area contributed by atoms with Gasteiger partial charge in [-0.3, -0.25) is 9.59 Å². The SMILES string of the molecule is CC(C)c1cc(-c2ccc(C(F)(F)F)c(F)c2)nn2cc(C(=O)N3CCN(C(=O)c4ccncn4)CC3(C)C)nc12. The van der Waals surface area contributed by atoms with Gasteiger partial charge in [0, 0.05) is 37.0 Å². The number of carbonyl (C=O) groups is 2. The third kappa shape index (κ3) is 5.35. The molecular formula is C28H27F4N7O2. The molecule has 1 aliphatic heterocycles. The summed E-state index contributed by atoms with van der Waals surface area (Å²) >= 11 is 0. The monoisotopic (exact) mass is 569 g/mol. The fourth-order valence-corrected chi connectivity index (χ4v) is 5.00. The second-order valence-electron chi connectivity index (χ2n) is 10.8. The van der Waals surface area contributed by atoms with E-state index in [0.29, 0.717) is 23.8 Å². The highest BCUT2D eigenvalue weighted by Gasteiger charge is 2.40. The first kappa shape index (κ1) is 28.1. The zero-order chi connectivity index (χ0) is 29.7. The van der Waals surface area contributed by atoms with E-state index in [9.17, 15) is 27.2 Å². The van der Waals surface area contributed by atoms with Gasteiger partial charge in [-0.15, -0.1) is 0 Å². The van der Waals surface area contributed by atoms with Crippen LogP contribution in [0, 0.1) is 5.82 Å². The van der Waals surface area contributed by atoms with Gasteiger partial charge in [-0.2, -0.15) is 18.3 Å². The van der Waals surface area contributed by atoms with Crippen molar-refractivity contribution in [2.45, 2.75) is 45.3 Å². The highest BCUT2D eigenvalue weighted by Crippen LogP contribution is 2.34. The second kappa shape index (κ2) is 10.2. The van der Waals surface area contributed by atoms with Gasteiger partial charge in [0.2, 0.25) is 0 Å². The highest BCUT2D eigenvalue weighted by molar-refractivity contribution is 5.95. The molecule has 0 unspecified atom stereocenters. The number of hydrogen-bond donors (Lipinski definition) is 0. The molecule has 0 N–H and O–H groups in total. The first-order valence-corrected chi connectivity index (χ1v) is 12.9. The van der Waals surface area contributed by atoms with E-state index < -0.39 is 23.1 Å². The summed E-state index contributed by atoms with van der Waals surface area (Å²) in [4.78, 5) is 42.3. The molecule has 0 bridgehead atoms. The lowest BCUT2D eigenvalue weighted by Gasteiger charge is -2.46. The number of hydrogen-bond acceptors (Lipinski definition) is 6. The van der Waals surface area contributed by atoms with E-state index in [-0.39, 0.29) is 53.5 Å². The summed E-state index contributed by atoms with van der Waals surface area (Å²) in [6.07, 6.45) is -0.554. The fraction of sp³-hybridized carbons (Fsp3) is 0.357. The fourth-order valence-electron chi connectivity index (χ4n) is 5.00. The van der Waals surface area contributed by atoms with Gasteiger partial charge >= 0.3 is 6.18 Å². The predicted octanol–water partition coefficient (Wildman–Crippen LogP) is 4.84. The normalized spacial score (nSPS) is 15.5. The Kier molecular flexibility index (Phi) is 7.00. The van der Waals surface area contributed by atoms with Crippen molar-refractivity contribution in [1.29, 1.82) is 0 Å². The Morgan fingerprint density at radius 3 is 2.39 bits per heavy atom. The Bertz CT molecular complexity index is 1630. The molecule has 0 saturated carbocycles. The van der Waals surface area contributed by atoms with E-state index in [1.165, 1.54) is 29.3 Å². The van der Waals surface area contributed by atoms with Crippen molar-refractivity contribution in [1.82, 2.24) is 34.4 Å². The summed E-state index contributed by atoms with van der Waals surface area (Å²) in [7, 11) is 0. The number of fused-ring (bicyclic) bond motifs is 1. The Labute approximate surface area is 232 Å². The maximum Gasteiger partial charge on any atom is 0.419 e. The van der Waals surface area contributed by atoms with Crippen LogP contribution in [0.5, 0.6) is 0 Å². The molecule has 0 aliphatic carbocycles. The van der Waals surface area contributed by atoms with Crippen LogP contribution in [0.3, 0.4) is 0 Å². The number of imidazole rings is 1. The number of halogens is 4.